The lowest BCUT2D eigenvalue weighted by Crippen LogP contribution is -2.60. The maximum atomic E-state index is 12.9. The summed E-state index contributed by atoms with van der Waals surface area (Å²) in [5, 5.41) is 5.79. The second-order valence-corrected chi connectivity index (χ2v) is 10.2. The summed E-state index contributed by atoms with van der Waals surface area (Å²) in [5.74, 6) is -0.679. The van der Waals surface area contributed by atoms with Crippen LogP contribution in [0.5, 0.6) is 0 Å². The first-order chi connectivity index (χ1) is 15.2. The maximum absolute atomic E-state index is 12.9. The number of pyridine rings is 1. The molecule has 2 amide bonds. The second kappa shape index (κ2) is 11.6. The largest absolute Gasteiger partial charge is 0.354 e. The fourth-order valence-corrected chi connectivity index (χ4v) is 5.55. The van der Waals surface area contributed by atoms with Crippen LogP contribution in [0, 0.1) is 0 Å². The molecule has 10 heteroatoms. The molecule has 0 spiro atoms. The number of nitrogens with one attached hydrogen (secondary N) is 2. The van der Waals surface area contributed by atoms with Crippen molar-refractivity contribution in [3.05, 3.63) is 28.7 Å². The number of rotatable bonds is 11. The fraction of sp³-hybridized carbons (Fsp3) is 0.682. The Balaban J connectivity index is 2.21. The molecule has 180 valence electrons. The van der Waals surface area contributed by atoms with Crippen LogP contribution in [-0.4, -0.2) is 54.3 Å². The quantitative estimate of drug-likeness (QED) is 0.479. The average molecular weight is 469 g/mol. The number of hydrogen-bond donors (Lipinski definition) is 2. The van der Waals surface area contributed by atoms with Crippen LogP contribution >= 0.6 is 0 Å². The highest BCUT2D eigenvalue weighted by atomic mass is 32.2. The zero-order valence-corrected chi connectivity index (χ0v) is 20.2. The molecule has 1 aliphatic carbocycles. The van der Waals surface area contributed by atoms with Crippen LogP contribution < -0.4 is 16.2 Å². The van der Waals surface area contributed by atoms with E-state index in [2.05, 4.69) is 10.6 Å². The predicted molar refractivity (Wildman–Crippen MR) is 123 cm³/mol. The van der Waals surface area contributed by atoms with Gasteiger partial charge < -0.3 is 15.2 Å². The molecule has 2 rings (SSSR count). The van der Waals surface area contributed by atoms with Crippen molar-refractivity contribution in [2.24, 2.45) is 0 Å². The van der Waals surface area contributed by atoms with Crippen LogP contribution in [0.1, 0.15) is 65.7 Å². The Labute approximate surface area is 190 Å². The lowest BCUT2D eigenvalue weighted by atomic mass is 9.80. The first-order valence-corrected chi connectivity index (χ1v) is 12.9. The number of amides is 2. The van der Waals surface area contributed by atoms with E-state index in [1.807, 2.05) is 6.92 Å². The Morgan fingerprint density at radius 2 is 1.75 bits per heavy atom. The van der Waals surface area contributed by atoms with Crippen LogP contribution in [-0.2, 0) is 26.2 Å². The van der Waals surface area contributed by atoms with Crippen molar-refractivity contribution >= 4 is 21.8 Å². The van der Waals surface area contributed by atoms with Crippen molar-refractivity contribution in [2.45, 2.75) is 82.7 Å². The maximum Gasteiger partial charge on any atom is 0.251 e. The molecule has 1 aromatic heterocycles. The normalized spacial score (nSPS) is 16.0. The summed E-state index contributed by atoms with van der Waals surface area (Å²) < 4.78 is 27.9. The second-order valence-electron chi connectivity index (χ2n) is 8.22. The Morgan fingerprint density at radius 1 is 1.09 bits per heavy atom. The predicted octanol–water partition coefficient (Wildman–Crippen LogP) is 1.61. The molecule has 0 aliphatic heterocycles. The van der Waals surface area contributed by atoms with Gasteiger partial charge in [-0.05, 0) is 25.3 Å². The van der Waals surface area contributed by atoms with Crippen molar-refractivity contribution in [3.63, 3.8) is 0 Å². The Kier molecular flexibility index (Phi) is 9.45. The Morgan fingerprint density at radius 3 is 2.34 bits per heavy atom. The van der Waals surface area contributed by atoms with Crippen LogP contribution in [0.4, 0.5) is 0 Å². The van der Waals surface area contributed by atoms with E-state index in [0.717, 1.165) is 42.7 Å². The third kappa shape index (κ3) is 6.19. The number of sulfonamides is 1. The van der Waals surface area contributed by atoms with E-state index in [-0.39, 0.29) is 17.3 Å². The molecule has 0 radical (unpaired) electrons. The highest BCUT2D eigenvalue weighted by Crippen LogP contribution is 2.28. The molecule has 0 saturated heterocycles. The first kappa shape index (κ1) is 26.1. The smallest absolute Gasteiger partial charge is 0.251 e. The molecule has 1 fully saturated rings. The minimum absolute atomic E-state index is 0.0433. The van der Waals surface area contributed by atoms with E-state index in [4.69, 9.17) is 0 Å². The average Bonchev–Trinajstić information content (AvgIpc) is 2.76. The summed E-state index contributed by atoms with van der Waals surface area (Å²) in [4.78, 5) is 38.0. The molecule has 1 aliphatic rings. The third-order valence-electron chi connectivity index (χ3n) is 5.95. The number of nitrogens with zero attached hydrogens (tertiary/aromatic N) is 2. The Bertz CT molecular complexity index is 947. The molecule has 1 saturated carbocycles. The molecule has 0 aromatic carbocycles. The van der Waals surface area contributed by atoms with Gasteiger partial charge in [0.1, 0.15) is 12.1 Å². The summed E-state index contributed by atoms with van der Waals surface area (Å²) in [6.45, 7) is 6.31. The van der Waals surface area contributed by atoms with Crippen LogP contribution in [0.2, 0.25) is 0 Å². The van der Waals surface area contributed by atoms with Crippen LogP contribution in [0.3, 0.4) is 0 Å². The molecule has 1 heterocycles. The molecule has 0 unspecified atom stereocenters. The van der Waals surface area contributed by atoms with Gasteiger partial charge in [-0.25, -0.2) is 8.42 Å². The molecule has 1 aromatic rings. The number of hydrogen-bond acceptors (Lipinski definition) is 5. The van der Waals surface area contributed by atoms with Gasteiger partial charge in [0, 0.05) is 31.9 Å². The van der Waals surface area contributed by atoms with Crippen molar-refractivity contribution in [1.82, 2.24) is 19.5 Å². The van der Waals surface area contributed by atoms with Crippen LogP contribution in [0.15, 0.2) is 28.0 Å². The van der Waals surface area contributed by atoms with Crippen molar-refractivity contribution in [2.75, 3.05) is 19.6 Å². The minimum atomic E-state index is -3.76. The molecular formula is C22H36N4O5S. The molecule has 2 N–H and O–H groups in total. The van der Waals surface area contributed by atoms with Gasteiger partial charge in [0.2, 0.25) is 21.8 Å². The SMILES string of the molecule is CCCCNC(=O)C1(NC(=O)Cn2cc(S(=O)(=O)N(CC)CC)ccc2=O)CCCCC1. The van der Waals surface area contributed by atoms with Gasteiger partial charge in [-0.3, -0.25) is 14.4 Å². The van der Waals surface area contributed by atoms with Gasteiger partial charge in [0.25, 0.3) is 5.56 Å². The van der Waals surface area contributed by atoms with Gasteiger partial charge in [-0.1, -0.05) is 46.5 Å². The summed E-state index contributed by atoms with van der Waals surface area (Å²) in [6.07, 6.45) is 6.77. The summed E-state index contributed by atoms with van der Waals surface area (Å²) in [6, 6.07) is 2.41. The standard InChI is InChI=1S/C22H36N4O5S/c1-4-7-15-23-21(29)22(13-9-8-10-14-22)24-19(27)17-25-16-18(11-12-20(25)28)32(30,31)26(5-2)6-3/h11-12,16H,4-10,13-15,17H2,1-3H3,(H,23,29)(H,24,27). The van der Waals surface area contributed by atoms with Gasteiger partial charge >= 0.3 is 0 Å². The van der Waals surface area contributed by atoms with Gasteiger partial charge in [0.15, 0.2) is 0 Å². The highest BCUT2D eigenvalue weighted by Gasteiger charge is 2.40. The van der Waals surface area contributed by atoms with Crippen molar-refractivity contribution in [3.8, 4) is 0 Å². The minimum Gasteiger partial charge on any atom is -0.354 e. The molecule has 0 bridgehead atoms. The summed E-state index contributed by atoms with van der Waals surface area (Å²) >= 11 is 0. The van der Waals surface area contributed by atoms with Gasteiger partial charge in [-0.15, -0.1) is 0 Å². The lowest BCUT2D eigenvalue weighted by molar-refractivity contribution is -0.135. The number of carbonyl (C=O) groups is 2. The van der Waals surface area contributed by atoms with Gasteiger partial charge in [-0.2, -0.15) is 4.31 Å². The summed E-state index contributed by atoms with van der Waals surface area (Å²) in [7, 11) is -3.76. The van der Waals surface area contributed by atoms with Crippen molar-refractivity contribution in [1.29, 1.82) is 0 Å². The van der Waals surface area contributed by atoms with Gasteiger partial charge in [0.05, 0.1) is 4.90 Å². The van der Waals surface area contributed by atoms with Crippen LogP contribution in [0.25, 0.3) is 0 Å². The number of unbranched alkanes of at least 4 members (excludes halogenated alkanes) is 1. The summed E-state index contributed by atoms with van der Waals surface area (Å²) in [5.41, 5.74) is -1.47. The zero-order chi connectivity index (χ0) is 23.8. The lowest BCUT2D eigenvalue weighted by Gasteiger charge is -2.36. The third-order valence-corrected chi connectivity index (χ3v) is 7.98. The van der Waals surface area contributed by atoms with E-state index in [0.29, 0.717) is 32.5 Å². The topological polar surface area (TPSA) is 118 Å². The van der Waals surface area contributed by atoms with E-state index in [1.165, 1.54) is 16.6 Å². The number of carbonyl (C=O) groups excluding carboxylic acids is 2. The highest BCUT2D eigenvalue weighted by molar-refractivity contribution is 7.89. The van der Waals surface area contributed by atoms with E-state index < -0.39 is 27.0 Å². The van der Waals surface area contributed by atoms with E-state index in [9.17, 15) is 22.8 Å². The molecule has 32 heavy (non-hydrogen) atoms. The Hall–Kier alpha value is -2.20. The first-order valence-electron chi connectivity index (χ1n) is 11.5. The monoisotopic (exact) mass is 468 g/mol. The van der Waals surface area contributed by atoms with Crippen molar-refractivity contribution < 1.29 is 18.0 Å². The molecule has 9 nitrogen and oxygen atoms in total. The molecule has 0 atom stereocenters. The van der Waals surface area contributed by atoms with E-state index in [1.54, 1.807) is 13.8 Å². The van der Waals surface area contributed by atoms with E-state index >= 15 is 0 Å². The zero-order valence-electron chi connectivity index (χ0n) is 19.4. The fourth-order valence-electron chi connectivity index (χ4n) is 4.07. The molecular weight excluding hydrogens is 432 g/mol. The number of aromatic nitrogens is 1.